The van der Waals surface area contributed by atoms with Crippen molar-refractivity contribution in [3.8, 4) is 0 Å². The summed E-state index contributed by atoms with van der Waals surface area (Å²) in [5.41, 5.74) is 0.954. The number of aliphatic hydroxyl groups excluding tert-OH is 1. The van der Waals surface area contributed by atoms with E-state index in [0.717, 1.165) is 5.56 Å². The Balaban J connectivity index is 1.83. The van der Waals surface area contributed by atoms with Crippen LogP contribution in [0.15, 0.2) is 42.7 Å². The maximum atomic E-state index is 12.9. The smallest absolute Gasteiger partial charge is 0.248 e. The molecule has 1 amide bonds. The van der Waals surface area contributed by atoms with E-state index in [1.807, 2.05) is 37.4 Å². The number of carbonyl (C=O) groups is 1. The molecule has 0 bridgehead atoms. The summed E-state index contributed by atoms with van der Waals surface area (Å²) in [5.74, 6) is 0.440. The van der Waals surface area contributed by atoms with Crippen LogP contribution in [0.4, 0.5) is 5.95 Å². The molecule has 0 saturated carbocycles. The highest BCUT2D eigenvalue weighted by Gasteiger charge is 2.31. The standard InChI is InChI=1S/C17H22N4O2/c1-20-12-9-18-17(20)19-16(23)15(13-5-3-2-4-6-13)21-10-7-14(22)8-11-21/h2-6,9,12,14-15,22H,7-8,10-11H2,1H3,(H,18,19,23). The minimum Gasteiger partial charge on any atom is -0.393 e. The molecular weight excluding hydrogens is 292 g/mol. The van der Waals surface area contributed by atoms with Gasteiger partial charge in [0.2, 0.25) is 11.9 Å². The number of hydrogen-bond acceptors (Lipinski definition) is 4. The molecule has 3 rings (SSSR count). The molecule has 1 aliphatic rings. The number of aliphatic hydroxyl groups is 1. The van der Waals surface area contributed by atoms with Gasteiger partial charge < -0.3 is 9.67 Å². The summed E-state index contributed by atoms with van der Waals surface area (Å²) < 4.78 is 1.78. The van der Waals surface area contributed by atoms with Crippen molar-refractivity contribution in [1.82, 2.24) is 14.5 Å². The van der Waals surface area contributed by atoms with Crippen LogP contribution in [0.2, 0.25) is 0 Å². The van der Waals surface area contributed by atoms with E-state index < -0.39 is 0 Å². The van der Waals surface area contributed by atoms with Crippen molar-refractivity contribution in [3.05, 3.63) is 48.3 Å². The van der Waals surface area contributed by atoms with E-state index in [2.05, 4.69) is 15.2 Å². The van der Waals surface area contributed by atoms with Crippen molar-refractivity contribution in [2.75, 3.05) is 18.4 Å². The predicted octanol–water partition coefficient (Wildman–Crippen LogP) is 1.56. The minimum absolute atomic E-state index is 0.0955. The fourth-order valence-electron chi connectivity index (χ4n) is 2.97. The van der Waals surface area contributed by atoms with Crippen LogP contribution < -0.4 is 5.32 Å². The molecule has 1 aliphatic heterocycles. The number of benzene rings is 1. The average Bonchev–Trinajstić information content (AvgIpc) is 2.96. The molecule has 23 heavy (non-hydrogen) atoms. The minimum atomic E-state index is -0.375. The van der Waals surface area contributed by atoms with Crippen molar-refractivity contribution in [1.29, 1.82) is 0 Å². The molecule has 2 heterocycles. The molecule has 0 radical (unpaired) electrons. The summed E-state index contributed by atoms with van der Waals surface area (Å²) in [6.45, 7) is 1.41. The monoisotopic (exact) mass is 314 g/mol. The molecule has 1 aromatic heterocycles. The van der Waals surface area contributed by atoms with E-state index in [1.54, 1.807) is 17.0 Å². The van der Waals surface area contributed by atoms with Gasteiger partial charge in [0, 0.05) is 32.5 Å². The summed E-state index contributed by atoms with van der Waals surface area (Å²) in [4.78, 5) is 19.2. The topological polar surface area (TPSA) is 70.4 Å². The lowest BCUT2D eigenvalue weighted by Crippen LogP contribution is -2.43. The molecule has 2 N–H and O–H groups in total. The first kappa shape index (κ1) is 15.7. The third-order valence-electron chi connectivity index (χ3n) is 4.28. The van der Waals surface area contributed by atoms with Crippen molar-refractivity contribution in [3.63, 3.8) is 0 Å². The van der Waals surface area contributed by atoms with Crippen molar-refractivity contribution < 1.29 is 9.90 Å². The Bertz CT molecular complexity index is 648. The highest BCUT2D eigenvalue weighted by atomic mass is 16.3. The van der Waals surface area contributed by atoms with Gasteiger partial charge in [0.25, 0.3) is 0 Å². The van der Waals surface area contributed by atoms with Gasteiger partial charge in [0.1, 0.15) is 6.04 Å². The number of carbonyl (C=O) groups excluding carboxylic acids is 1. The Kier molecular flexibility index (Phi) is 4.73. The highest BCUT2D eigenvalue weighted by Crippen LogP contribution is 2.26. The molecule has 1 saturated heterocycles. The van der Waals surface area contributed by atoms with Crippen LogP contribution in [0.5, 0.6) is 0 Å². The van der Waals surface area contributed by atoms with Crippen molar-refractivity contribution >= 4 is 11.9 Å². The molecule has 1 aromatic carbocycles. The normalized spacial score (nSPS) is 17.8. The van der Waals surface area contributed by atoms with E-state index in [-0.39, 0.29) is 18.1 Å². The first-order valence-corrected chi connectivity index (χ1v) is 7.90. The van der Waals surface area contributed by atoms with Crippen LogP contribution in [0.1, 0.15) is 24.4 Å². The summed E-state index contributed by atoms with van der Waals surface area (Å²) in [5, 5.41) is 12.6. The number of amides is 1. The summed E-state index contributed by atoms with van der Waals surface area (Å²) >= 11 is 0. The number of nitrogens with zero attached hydrogens (tertiary/aromatic N) is 3. The van der Waals surface area contributed by atoms with Gasteiger partial charge in [-0.05, 0) is 18.4 Å². The molecule has 1 atom stereocenters. The third-order valence-corrected chi connectivity index (χ3v) is 4.28. The summed E-state index contributed by atoms with van der Waals surface area (Å²) in [6.07, 6.45) is 4.58. The maximum Gasteiger partial charge on any atom is 0.248 e. The Labute approximate surface area is 135 Å². The number of piperidine rings is 1. The number of anilines is 1. The molecule has 6 heteroatoms. The summed E-state index contributed by atoms with van der Waals surface area (Å²) in [6, 6.07) is 9.38. The second-order valence-corrected chi connectivity index (χ2v) is 5.93. The Hall–Kier alpha value is -2.18. The maximum absolute atomic E-state index is 12.9. The molecule has 6 nitrogen and oxygen atoms in total. The number of aromatic nitrogens is 2. The van der Waals surface area contributed by atoms with Crippen LogP contribution in [0, 0.1) is 0 Å². The van der Waals surface area contributed by atoms with E-state index in [1.165, 1.54) is 0 Å². The van der Waals surface area contributed by atoms with Crippen molar-refractivity contribution in [2.45, 2.75) is 25.0 Å². The molecule has 0 aliphatic carbocycles. The van der Waals surface area contributed by atoms with Crippen LogP contribution >= 0.6 is 0 Å². The van der Waals surface area contributed by atoms with Gasteiger partial charge in [0.05, 0.1) is 6.10 Å². The van der Waals surface area contributed by atoms with Gasteiger partial charge in [-0.1, -0.05) is 30.3 Å². The average molecular weight is 314 g/mol. The lowest BCUT2D eigenvalue weighted by molar-refractivity contribution is -0.122. The first-order chi connectivity index (χ1) is 11.1. The zero-order valence-electron chi connectivity index (χ0n) is 13.2. The fraction of sp³-hybridized carbons (Fsp3) is 0.412. The Morgan fingerprint density at radius 2 is 2.00 bits per heavy atom. The number of likely N-dealkylation sites (tertiary alicyclic amines) is 1. The highest BCUT2D eigenvalue weighted by molar-refractivity contribution is 5.94. The number of nitrogens with one attached hydrogen (secondary N) is 1. The Morgan fingerprint density at radius 1 is 1.30 bits per heavy atom. The van der Waals surface area contributed by atoms with Crippen LogP contribution in [-0.2, 0) is 11.8 Å². The molecular formula is C17H22N4O2. The predicted molar refractivity (Wildman–Crippen MR) is 87.8 cm³/mol. The zero-order chi connectivity index (χ0) is 16.2. The number of imidazole rings is 1. The SMILES string of the molecule is Cn1ccnc1NC(=O)C(c1ccccc1)N1CCC(O)CC1. The van der Waals surface area contributed by atoms with Crippen molar-refractivity contribution in [2.24, 2.45) is 7.05 Å². The number of aryl methyl sites for hydroxylation is 1. The van der Waals surface area contributed by atoms with E-state index >= 15 is 0 Å². The molecule has 122 valence electrons. The largest absolute Gasteiger partial charge is 0.393 e. The summed E-state index contributed by atoms with van der Waals surface area (Å²) in [7, 11) is 1.84. The van der Waals surface area contributed by atoms with Gasteiger partial charge in [-0.25, -0.2) is 4.98 Å². The third kappa shape index (κ3) is 3.60. The van der Waals surface area contributed by atoms with Crippen LogP contribution in [0.25, 0.3) is 0 Å². The van der Waals surface area contributed by atoms with E-state index in [4.69, 9.17) is 0 Å². The fourth-order valence-corrected chi connectivity index (χ4v) is 2.97. The molecule has 1 fully saturated rings. The second-order valence-electron chi connectivity index (χ2n) is 5.93. The number of rotatable bonds is 4. The lowest BCUT2D eigenvalue weighted by atomic mass is 10.00. The molecule has 0 spiro atoms. The van der Waals surface area contributed by atoms with Crippen LogP contribution in [0.3, 0.4) is 0 Å². The van der Waals surface area contributed by atoms with Crippen LogP contribution in [-0.4, -0.2) is 44.7 Å². The van der Waals surface area contributed by atoms with E-state index in [0.29, 0.717) is 31.9 Å². The quantitative estimate of drug-likeness (QED) is 0.898. The first-order valence-electron chi connectivity index (χ1n) is 7.90. The van der Waals surface area contributed by atoms with Gasteiger partial charge >= 0.3 is 0 Å². The van der Waals surface area contributed by atoms with Gasteiger partial charge in [-0.15, -0.1) is 0 Å². The Morgan fingerprint density at radius 3 is 2.61 bits per heavy atom. The zero-order valence-corrected chi connectivity index (χ0v) is 13.2. The lowest BCUT2D eigenvalue weighted by Gasteiger charge is -2.35. The van der Waals surface area contributed by atoms with Gasteiger partial charge in [0.15, 0.2) is 0 Å². The van der Waals surface area contributed by atoms with Gasteiger partial charge in [-0.2, -0.15) is 0 Å². The molecule has 1 unspecified atom stereocenters. The second kappa shape index (κ2) is 6.93. The van der Waals surface area contributed by atoms with Gasteiger partial charge in [-0.3, -0.25) is 15.0 Å². The number of hydrogen-bond donors (Lipinski definition) is 2. The van der Waals surface area contributed by atoms with E-state index in [9.17, 15) is 9.90 Å². The molecule has 2 aromatic rings.